The molecule has 0 bridgehead atoms. The highest BCUT2D eigenvalue weighted by Gasteiger charge is 2.34. The molecule has 0 saturated carbocycles. The van der Waals surface area contributed by atoms with Crippen molar-refractivity contribution in [3.8, 4) is 11.5 Å². The summed E-state index contributed by atoms with van der Waals surface area (Å²) in [7, 11) is 3.17. The van der Waals surface area contributed by atoms with E-state index in [9.17, 15) is 5.11 Å². The minimum Gasteiger partial charge on any atom is -0.493 e. The molecule has 158 valence electrons. The summed E-state index contributed by atoms with van der Waals surface area (Å²) in [4.78, 5) is 11.4. The van der Waals surface area contributed by atoms with E-state index >= 15 is 0 Å². The van der Waals surface area contributed by atoms with Gasteiger partial charge in [-0.15, -0.1) is 0 Å². The summed E-state index contributed by atoms with van der Waals surface area (Å²) in [6.07, 6.45) is 1.26. The largest absolute Gasteiger partial charge is 0.493 e. The minimum atomic E-state index is -0.839. The first kappa shape index (κ1) is 20.7. The molecule has 1 aromatic heterocycles. The van der Waals surface area contributed by atoms with Gasteiger partial charge in [0.2, 0.25) is 0 Å². The summed E-state index contributed by atoms with van der Waals surface area (Å²) >= 11 is 5.97. The second-order valence-corrected chi connectivity index (χ2v) is 8.00. The second-order valence-electron chi connectivity index (χ2n) is 7.56. The number of methoxy groups -OCH3 is 2. The number of fused-ring (bicyclic) bond motifs is 1. The number of hydrogen-bond donors (Lipinski definition) is 2. The number of anilines is 1. The SMILES string of the molecule is COc1cc2nc(CN3CCC(O)(c4ccc(Cl)cc4)CC3)nc(N)c2cc1OC. The number of hydrogen-bond acceptors (Lipinski definition) is 7. The van der Waals surface area contributed by atoms with Crippen molar-refractivity contribution in [1.82, 2.24) is 14.9 Å². The van der Waals surface area contributed by atoms with E-state index in [0.29, 0.717) is 53.1 Å². The summed E-state index contributed by atoms with van der Waals surface area (Å²) in [5.41, 5.74) is 6.97. The fourth-order valence-electron chi connectivity index (χ4n) is 3.93. The minimum absolute atomic E-state index is 0.408. The predicted octanol–water partition coefficient (Wildman–Crippen LogP) is 3.37. The second kappa shape index (κ2) is 8.26. The maximum Gasteiger partial charge on any atom is 0.162 e. The molecule has 0 radical (unpaired) electrons. The molecule has 2 aromatic carbocycles. The van der Waals surface area contributed by atoms with Crippen molar-refractivity contribution in [2.24, 2.45) is 0 Å². The number of rotatable bonds is 5. The smallest absolute Gasteiger partial charge is 0.162 e. The van der Waals surface area contributed by atoms with Crippen LogP contribution in [0.25, 0.3) is 10.9 Å². The van der Waals surface area contributed by atoms with Gasteiger partial charge < -0.3 is 20.3 Å². The Morgan fingerprint density at radius 2 is 1.70 bits per heavy atom. The Labute approximate surface area is 180 Å². The zero-order chi connectivity index (χ0) is 21.3. The number of aromatic nitrogens is 2. The molecule has 1 aliphatic rings. The average molecular weight is 429 g/mol. The molecule has 8 heteroatoms. The maximum atomic E-state index is 11.1. The van der Waals surface area contributed by atoms with Gasteiger partial charge >= 0.3 is 0 Å². The van der Waals surface area contributed by atoms with E-state index in [0.717, 1.165) is 24.0 Å². The topological polar surface area (TPSA) is 93.7 Å². The number of halogens is 1. The van der Waals surface area contributed by atoms with Crippen LogP contribution < -0.4 is 15.2 Å². The van der Waals surface area contributed by atoms with Crippen LogP contribution in [0.15, 0.2) is 36.4 Å². The Hall–Kier alpha value is -2.61. The normalized spacial score (nSPS) is 16.5. The van der Waals surface area contributed by atoms with Crippen LogP contribution in [0, 0.1) is 0 Å². The van der Waals surface area contributed by atoms with Gasteiger partial charge in [-0.25, -0.2) is 9.97 Å². The molecule has 7 nitrogen and oxygen atoms in total. The first-order valence-electron chi connectivity index (χ1n) is 9.81. The summed E-state index contributed by atoms with van der Waals surface area (Å²) in [6.45, 7) is 2.02. The third kappa shape index (κ3) is 4.01. The van der Waals surface area contributed by atoms with Crippen molar-refractivity contribution in [2.45, 2.75) is 25.0 Å². The summed E-state index contributed by atoms with van der Waals surface area (Å²) < 4.78 is 10.7. The van der Waals surface area contributed by atoms with Crippen LogP contribution in [0.5, 0.6) is 11.5 Å². The van der Waals surface area contributed by atoms with Crippen LogP contribution in [0.2, 0.25) is 5.02 Å². The molecule has 2 heterocycles. The molecule has 1 saturated heterocycles. The van der Waals surface area contributed by atoms with E-state index in [4.69, 9.17) is 26.8 Å². The molecule has 1 aliphatic heterocycles. The molecular formula is C22H25ClN4O3. The molecule has 3 N–H and O–H groups in total. The van der Waals surface area contributed by atoms with Gasteiger partial charge in [-0.2, -0.15) is 0 Å². The molecule has 0 amide bonds. The fraction of sp³-hybridized carbons (Fsp3) is 0.364. The van der Waals surface area contributed by atoms with E-state index in [1.54, 1.807) is 20.3 Å². The Kier molecular flexibility index (Phi) is 5.69. The molecule has 0 aliphatic carbocycles. The quantitative estimate of drug-likeness (QED) is 0.643. The first-order chi connectivity index (χ1) is 14.4. The molecule has 0 spiro atoms. The summed E-state index contributed by atoms with van der Waals surface area (Å²) in [6, 6.07) is 11.0. The van der Waals surface area contributed by atoms with Crippen molar-refractivity contribution in [3.05, 3.63) is 52.8 Å². The highest BCUT2D eigenvalue weighted by Crippen LogP contribution is 2.35. The van der Waals surface area contributed by atoms with Crippen LogP contribution in [-0.2, 0) is 12.1 Å². The van der Waals surface area contributed by atoms with Crippen molar-refractivity contribution < 1.29 is 14.6 Å². The maximum absolute atomic E-state index is 11.1. The van der Waals surface area contributed by atoms with Crippen molar-refractivity contribution >= 4 is 28.3 Å². The van der Waals surface area contributed by atoms with Crippen molar-refractivity contribution in [3.63, 3.8) is 0 Å². The Balaban J connectivity index is 1.50. The standard InChI is InChI=1S/C22H25ClN4O3/c1-29-18-11-16-17(12-19(18)30-2)25-20(26-21(16)24)13-27-9-7-22(28,8-10-27)14-3-5-15(23)6-4-14/h3-6,11-12,28H,7-10,13H2,1-2H3,(H2,24,25,26). The molecule has 4 rings (SSSR count). The molecule has 3 aromatic rings. The number of nitrogens with two attached hydrogens (primary N) is 1. The van der Waals surface area contributed by atoms with E-state index < -0.39 is 5.60 Å². The predicted molar refractivity (Wildman–Crippen MR) is 117 cm³/mol. The van der Waals surface area contributed by atoms with Gasteiger partial charge in [-0.05, 0) is 36.6 Å². The van der Waals surface area contributed by atoms with E-state index in [-0.39, 0.29) is 0 Å². The number of likely N-dealkylation sites (tertiary alicyclic amines) is 1. The highest BCUT2D eigenvalue weighted by molar-refractivity contribution is 6.30. The van der Waals surface area contributed by atoms with E-state index in [2.05, 4.69) is 14.9 Å². The van der Waals surface area contributed by atoms with Gasteiger partial charge in [0.25, 0.3) is 0 Å². The monoisotopic (exact) mass is 428 g/mol. The lowest BCUT2D eigenvalue weighted by Gasteiger charge is -2.38. The fourth-order valence-corrected chi connectivity index (χ4v) is 4.06. The summed E-state index contributed by atoms with van der Waals surface area (Å²) in [5, 5.41) is 12.5. The molecule has 0 atom stereocenters. The number of nitrogen functional groups attached to an aromatic ring is 1. The van der Waals surface area contributed by atoms with Gasteiger partial charge in [0.15, 0.2) is 11.5 Å². The van der Waals surface area contributed by atoms with Crippen LogP contribution in [0.3, 0.4) is 0 Å². The van der Waals surface area contributed by atoms with Gasteiger partial charge in [-0.3, -0.25) is 4.90 Å². The Morgan fingerprint density at radius 1 is 1.07 bits per heavy atom. The van der Waals surface area contributed by atoms with Crippen LogP contribution in [-0.4, -0.2) is 47.3 Å². The number of nitrogens with zero attached hydrogens (tertiary/aromatic N) is 3. The van der Waals surface area contributed by atoms with Gasteiger partial charge in [0.05, 0.1) is 31.9 Å². The third-order valence-electron chi connectivity index (χ3n) is 5.71. The zero-order valence-corrected chi connectivity index (χ0v) is 17.8. The lowest BCUT2D eigenvalue weighted by molar-refractivity contribution is -0.0282. The number of piperidine rings is 1. The van der Waals surface area contributed by atoms with Crippen molar-refractivity contribution in [1.29, 1.82) is 0 Å². The van der Waals surface area contributed by atoms with E-state index in [1.807, 2.05) is 30.3 Å². The average Bonchev–Trinajstić information content (AvgIpc) is 2.75. The molecule has 30 heavy (non-hydrogen) atoms. The van der Waals surface area contributed by atoms with Gasteiger partial charge in [0, 0.05) is 29.6 Å². The number of aliphatic hydroxyl groups is 1. The first-order valence-corrected chi connectivity index (χ1v) is 10.2. The van der Waals surface area contributed by atoms with Gasteiger partial charge in [0.1, 0.15) is 11.6 Å². The Bertz CT molecular complexity index is 1050. The van der Waals surface area contributed by atoms with Crippen molar-refractivity contribution in [2.75, 3.05) is 33.0 Å². The lowest BCUT2D eigenvalue weighted by atomic mass is 9.84. The van der Waals surface area contributed by atoms with Crippen LogP contribution in [0.4, 0.5) is 5.82 Å². The van der Waals surface area contributed by atoms with Gasteiger partial charge in [-0.1, -0.05) is 23.7 Å². The van der Waals surface area contributed by atoms with E-state index in [1.165, 1.54) is 0 Å². The zero-order valence-electron chi connectivity index (χ0n) is 17.1. The lowest BCUT2D eigenvalue weighted by Crippen LogP contribution is -2.42. The molecule has 1 fully saturated rings. The number of ether oxygens (including phenoxy) is 2. The van der Waals surface area contributed by atoms with Crippen LogP contribution in [0.1, 0.15) is 24.2 Å². The Morgan fingerprint density at radius 3 is 2.33 bits per heavy atom. The molecular weight excluding hydrogens is 404 g/mol. The molecule has 0 unspecified atom stereocenters. The summed E-state index contributed by atoms with van der Waals surface area (Å²) in [5.74, 6) is 2.24. The number of benzene rings is 2. The van der Waals surface area contributed by atoms with Crippen LogP contribution >= 0.6 is 11.6 Å². The third-order valence-corrected chi connectivity index (χ3v) is 5.96. The highest BCUT2D eigenvalue weighted by atomic mass is 35.5.